The molecule has 1 amide bonds. The SMILES string of the molecule is CO/N=C1\NC(=O)/C(=C\c2cc(C(C)(C)C)c(O)c(C(C)(C)C)c2)S1. The highest BCUT2D eigenvalue weighted by atomic mass is 32.2. The number of thioether (sulfide) groups is 1. The number of nitrogens with one attached hydrogen (secondary N) is 1. The Morgan fingerprint density at radius 3 is 2.08 bits per heavy atom. The van der Waals surface area contributed by atoms with Crippen LogP contribution < -0.4 is 5.32 Å². The van der Waals surface area contributed by atoms with Crippen molar-refractivity contribution in [1.82, 2.24) is 5.32 Å². The fourth-order valence-corrected chi connectivity index (χ4v) is 3.39. The average Bonchev–Trinajstić information content (AvgIpc) is 2.78. The Balaban J connectivity index is 2.57. The van der Waals surface area contributed by atoms with Gasteiger partial charge in [-0.1, -0.05) is 46.7 Å². The van der Waals surface area contributed by atoms with Crippen LogP contribution in [0.5, 0.6) is 5.75 Å². The molecule has 136 valence electrons. The zero-order chi connectivity index (χ0) is 19.0. The summed E-state index contributed by atoms with van der Waals surface area (Å²) in [6.45, 7) is 12.4. The second-order valence-electron chi connectivity index (χ2n) is 8.11. The van der Waals surface area contributed by atoms with Gasteiger partial charge >= 0.3 is 0 Å². The Morgan fingerprint density at radius 1 is 1.12 bits per heavy atom. The minimum Gasteiger partial charge on any atom is -0.507 e. The Morgan fingerprint density at radius 2 is 1.64 bits per heavy atom. The normalized spacial score (nSPS) is 18.8. The number of phenols is 1. The molecule has 1 aliphatic rings. The first-order valence-corrected chi connectivity index (χ1v) is 8.95. The summed E-state index contributed by atoms with van der Waals surface area (Å²) in [7, 11) is 1.44. The maximum Gasteiger partial charge on any atom is 0.264 e. The highest BCUT2D eigenvalue weighted by Crippen LogP contribution is 2.40. The van der Waals surface area contributed by atoms with Gasteiger partial charge in [0.15, 0.2) is 0 Å². The van der Waals surface area contributed by atoms with Crippen molar-refractivity contribution in [3.05, 3.63) is 33.7 Å². The largest absolute Gasteiger partial charge is 0.507 e. The lowest BCUT2D eigenvalue weighted by molar-refractivity contribution is -0.115. The van der Waals surface area contributed by atoms with Crippen molar-refractivity contribution in [3.8, 4) is 5.75 Å². The van der Waals surface area contributed by atoms with Gasteiger partial charge in [0, 0.05) is 11.1 Å². The quantitative estimate of drug-likeness (QED) is 0.613. The number of phenolic OH excluding ortho intramolecular Hbond substituents is 1. The van der Waals surface area contributed by atoms with Gasteiger partial charge in [0.05, 0.1) is 4.91 Å². The first-order chi connectivity index (χ1) is 11.4. The highest BCUT2D eigenvalue weighted by Gasteiger charge is 2.28. The minimum absolute atomic E-state index is 0.205. The highest BCUT2D eigenvalue weighted by molar-refractivity contribution is 8.18. The van der Waals surface area contributed by atoms with E-state index < -0.39 is 0 Å². The topological polar surface area (TPSA) is 70.9 Å². The van der Waals surface area contributed by atoms with Gasteiger partial charge in [-0.25, -0.2) is 0 Å². The molecule has 0 radical (unpaired) electrons. The van der Waals surface area contributed by atoms with Crippen molar-refractivity contribution in [2.24, 2.45) is 5.16 Å². The van der Waals surface area contributed by atoms with Crippen molar-refractivity contribution < 1.29 is 14.7 Å². The molecule has 1 aromatic carbocycles. The second-order valence-corrected chi connectivity index (χ2v) is 9.14. The molecule has 1 heterocycles. The number of hydrogen-bond donors (Lipinski definition) is 2. The lowest BCUT2D eigenvalue weighted by Gasteiger charge is -2.28. The molecule has 1 saturated heterocycles. The average molecular weight is 362 g/mol. The van der Waals surface area contributed by atoms with Crippen LogP contribution in [0.3, 0.4) is 0 Å². The summed E-state index contributed by atoms with van der Waals surface area (Å²) in [6.07, 6.45) is 1.82. The van der Waals surface area contributed by atoms with Crippen LogP contribution >= 0.6 is 11.8 Å². The van der Waals surface area contributed by atoms with E-state index in [4.69, 9.17) is 4.84 Å². The molecule has 0 aromatic heterocycles. The van der Waals surface area contributed by atoms with Crippen LogP contribution in [-0.2, 0) is 20.5 Å². The van der Waals surface area contributed by atoms with E-state index in [9.17, 15) is 9.90 Å². The maximum absolute atomic E-state index is 12.1. The van der Waals surface area contributed by atoms with Crippen LogP contribution in [0.2, 0.25) is 0 Å². The third-order valence-corrected chi connectivity index (χ3v) is 4.76. The smallest absolute Gasteiger partial charge is 0.264 e. The van der Waals surface area contributed by atoms with Gasteiger partial charge in [0.25, 0.3) is 5.91 Å². The molecule has 2 N–H and O–H groups in total. The summed E-state index contributed by atoms with van der Waals surface area (Å²) in [6, 6.07) is 3.88. The lowest BCUT2D eigenvalue weighted by atomic mass is 9.78. The van der Waals surface area contributed by atoms with Crippen molar-refractivity contribution in [3.63, 3.8) is 0 Å². The molecule has 0 saturated carbocycles. The first kappa shape index (κ1) is 19.4. The number of oxime groups is 1. The lowest BCUT2D eigenvalue weighted by Crippen LogP contribution is -2.19. The van der Waals surface area contributed by atoms with Crippen molar-refractivity contribution >= 4 is 28.9 Å². The maximum atomic E-state index is 12.1. The van der Waals surface area contributed by atoms with Gasteiger partial charge in [-0.3, -0.25) is 10.1 Å². The number of benzene rings is 1. The molecule has 1 fully saturated rings. The van der Waals surface area contributed by atoms with E-state index in [0.717, 1.165) is 16.7 Å². The Labute approximate surface area is 153 Å². The standard InChI is InChI=1S/C19H26N2O3S/c1-18(2,3)12-8-11(9-13(15(12)22)19(4,5)6)10-14-16(23)20-17(25-14)21-24-7/h8-10,22H,1-7H3,(H,20,21,23)/b14-10+. The van der Waals surface area contributed by atoms with E-state index in [2.05, 4.69) is 52.0 Å². The monoisotopic (exact) mass is 362 g/mol. The zero-order valence-electron chi connectivity index (χ0n) is 15.9. The summed E-state index contributed by atoms with van der Waals surface area (Å²) in [4.78, 5) is 17.4. The molecule has 5 nitrogen and oxygen atoms in total. The van der Waals surface area contributed by atoms with Crippen LogP contribution in [0.15, 0.2) is 22.2 Å². The molecule has 0 spiro atoms. The molecule has 0 aliphatic carbocycles. The number of amidine groups is 1. The Bertz CT molecular complexity index is 718. The number of carbonyl (C=O) groups excluding carboxylic acids is 1. The molecular formula is C19H26N2O3S. The van der Waals surface area contributed by atoms with Gasteiger partial charge in [-0.2, -0.15) is 0 Å². The van der Waals surface area contributed by atoms with Crippen LogP contribution in [0.4, 0.5) is 0 Å². The van der Waals surface area contributed by atoms with E-state index in [1.165, 1.54) is 18.9 Å². The molecule has 25 heavy (non-hydrogen) atoms. The zero-order valence-corrected chi connectivity index (χ0v) is 16.7. The van der Waals surface area contributed by atoms with E-state index >= 15 is 0 Å². The van der Waals surface area contributed by atoms with Gasteiger partial charge in [-0.05, 0) is 46.4 Å². The number of nitrogens with zero attached hydrogens (tertiary/aromatic N) is 1. The summed E-state index contributed by atoms with van der Waals surface area (Å²) in [5.41, 5.74) is 2.17. The summed E-state index contributed by atoms with van der Waals surface area (Å²) >= 11 is 1.23. The molecule has 0 atom stereocenters. The van der Waals surface area contributed by atoms with Gasteiger partial charge in [-0.15, -0.1) is 0 Å². The fourth-order valence-electron chi connectivity index (χ4n) is 2.59. The van der Waals surface area contributed by atoms with E-state index in [1.54, 1.807) is 0 Å². The third-order valence-electron chi connectivity index (χ3n) is 3.87. The van der Waals surface area contributed by atoms with Crippen LogP contribution in [0.1, 0.15) is 58.2 Å². The van der Waals surface area contributed by atoms with Gasteiger partial charge < -0.3 is 9.94 Å². The summed E-state index contributed by atoms with van der Waals surface area (Å²) in [5.74, 6) is 0.121. The molecule has 1 aliphatic heterocycles. The van der Waals surface area contributed by atoms with E-state index in [0.29, 0.717) is 15.8 Å². The molecule has 2 rings (SSSR count). The van der Waals surface area contributed by atoms with Crippen LogP contribution in [-0.4, -0.2) is 23.3 Å². The van der Waals surface area contributed by atoms with Crippen LogP contribution in [0.25, 0.3) is 6.08 Å². The Kier molecular flexibility index (Phi) is 5.23. The second kappa shape index (κ2) is 6.75. The van der Waals surface area contributed by atoms with Crippen molar-refractivity contribution in [2.45, 2.75) is 52.4 Å². The van der Waals surface area contributed by atoms with Crippen LogP contribution in [0, 0.1) is 0 Å². The number of hydrogen-bond acceptors (Lipinski definition) is 5. The third kappa shape index (κ3) is 4.37. The molecule has 6 heteroatoms. The van der Waals surface area contributed by atoms with Crippen molar-refractivity contribution in [2.75, 3.05) is 7.11 Å². The molecule has 1 aromatic rings. The predicted octanol–water partition coefficient (Wildman–Crippen LogP) is 4.11. The Hall–Kier alpha value is -1.95. The van der Waals surface area contributed by atoms with E-state index in [-0.39, 0.29) is 16.7 Å². The minimum atomic E-state index is -0.216. The molecule has 0 unspecified atom stereocenters. The van der Waals surface area contributed by atoms with Gasteiger partial charge in [0.2, 0.25) is 5.17 Å². The van der Waals surface area contributed by atoms with E-state index in [1.807, 2.05) is 18.2 Å². The fraction of sp³-hybridized carbons (Fsp3) is 0.474. The predicted molar refractivity (Wildman–Crippen MR) is 104 cm³/mol. The van der Waals surface area contributed by atoms with Crippen molar-refractivity contribution in [1.29, 1.82) is 0 Å². The number of carbonyl (C=O) groups is 1. The first-order valence-electron chi connectivity index (χ1n) is 8.13. The number of amides is 1. The molecular weight excluding hydrogens is 336 g/mol. The summed E-state index contributed by atoms with van der Waals surface area (Å²) in [5, 5.41) is 17.6. The number of aromatic hydroxyl groups is 1. The molecule has 0 bridgehead atoms. The summed E-state index contributed by atoms with van der Waals surface area (Å²) < 4.78 is 0. The number of rotatable bonds is 2. The van der Waals surface area contributed by atoms with Gasteiger partial charge in [0.1, 0.15) is 12.9 Å².